The molecular formula is C7H16N2. The summed E-state index contributed by atoms with van der Waals surface area (Å²) in [4.78, 5) is 0. The molecular weight excluding hydrogens is 112 g/mol. The van der Waals surface area contributed by atoms with Crippen molar-refractivity contribution in [2.45, 2.75) is 20.8 Å². The van der Waals surface area contributed by atoms with Gasteiger partial charge in [0.25, 0.3) is 0 Å². The van der Waals surface area contributed by atoms with E-state index < -0.39 is 0 Å². The van der Waals surface area contributed by atoms with Crippen LogP contribution in [0.1, 0.15) is 20.8 Å². The van der Waals surface area contributed by atoms with Gasteiger partial charge in [-0.3, -0.25) is 5.01 Å². The molecule has 0 fully saturated rings. The summed E-state index contributed by atoms with van der Waals surface area (Å²) in [5, 5.41) is 5.47. The molecule has 9 heavy (non-hydrogen) atoms. The highest BCUT2D eigenvalue weighted by molar-refractivity contribution is 5.52. The number of nitrogens with zero attached hydrogens (tertiary/aromatic N) is 2. The zero-order valence-electron chi connectivity index (χ0n) is 6.76. The zero-order chi connectivity index (χ0) is 7.70. The van der Waals surface area contributed by atoms with Crippen molar-refractivity contribution in [3.8, 4) is 0 Å². The maximum Gasteiger partial charge on any atom is 0.0296 e. The van der Waals surface area contributed by atoms with Crippen molar-refractivity contribution in [3.63, 3.8) is 0 Å². The summed E-state index contributed by atoms with van der Waals surface area (Å²) in [5.41, 5.74) is 0. The molecule has 0 unspecified atom stereocenters. The topological polar surface area (TPSA) is 15.6 Å². The van der Waals surface area contributed by atoms with Gasteiger partial charge in [-0.2, -0.15) is 5.10 Å². The molecule has 0 aromatic carbocycles. The maximum atomic E-state index is 3.83. The van der Waals surface area contributed by atoms with Gasteiger partial charge in [0.2, 0.25) is 0 Å². The number of rotatable bonds is 2. The smallest absolute Gasteiger partial charge is 0.0296 e. The number of hydrogen-bond acceptors (Lipinski definition) is 2. The van der Waals surface area contributed by atoms with Crippen LogP contribution in [0.3, 0.4) is 0 Å². The highest BCUT2D eigenvalue weighted by Crippen LogP contribution is 1.77. The molecule has 0 aliphatic rings. The lowest BCUT2D eigenvalue weighted by atomic mass is 10.9. The fourth-order valence-corrected chi connectivity index (χ4v) is 0.229. The van der Waals surface area contributed by atoms with E-state index in [1.165, 1.54) is 0 Å². The highest BCUT2D eigenvalue weighted by atomic mass is 15.4. The Morgan fingerprint density at radius 3 is 2.00 bits per heavy atom. The SMILES string of the molecule is C=CN(C)/N=C\C.CC. The van der Waals surface area contributed by atoms with E-state index in [1.807, 2.05) is 27.8 Å². The van der Waals surface area contributed by atoms with Crippen LogP contribution in [0.15, 0.2) is 17.9 Å². The molecule has 2 heteroatoms. The Kier molecular flexibility index (Phi) is 12.6. The molecule has 0 radical (unpaired) electrons. The molecule has 0 spiro atoms. The molecule has 0 heterocycles. The molecule has 0 aliphatic heterocycles. The van der Waals surface area contributed by atoms with E-state index in [0.29, 0.717) is 0 Å². The number of hydrogen-bond donors (Lipinski definition) is 0. The van der Waals surface area contributed by atoms with E-state index in [1.54, 1.807) is 17.4 Å². The first-order valence-electron chi connectivity index (χ1n) is 3.15. The summed E-state index contributed by atoms with van der Waals surface area (Å²) in [7, 11) is 1.83. The van der Waals surface area contributed by atoms with Gasteiger partial charge in [-0.05, 0) is 6.92 Å². The van der Waals surface area contributed by atoms with Crippen LogP contribution in [-0.2, 0) is 0 Å². The molecule has 0 saturated heterocycles. The van der Waals surface area contributed by atoms with Gasteiger partial charge in [0, 0.05) is 19.5 Å². The van der Waals surface area contributed by atoms with Gasteiger partial charge in [0.05, 0.1) is 0 Å². The Morgan fingerprint density at radius 2 is 1.89 bits per heavy atom. The van der Waals surface area contributed by atoms with Gasteiger partial charge >= 0.3 is 0 Å². The lowest BCUT2D eigenvalue weighted by Gasteiger charge is -2.01. The molecule has 0 aliphatic carbocycles. The van der Waals surface area contributed by atoms with Crippen molar-refractivity contribution >= 4 is 6.21 Å². The minimum atomic E-state index is 1.64. The van der Waals surface area contributed by atoms with E-state index in [4.69, 9.17) is 0 Å². The Morgan fingerprint density at radius 1 is 1.44 bits per heavy atom. The quantitative estimate of drug-likeness (QED) is 0.410. The third-order valence-corrected chi connectivity index (χ3v) is 0.562. The predicted molar refractivity (Wildman–Crippen MR) is 43.5 cm³/mol. The third-order valence-electron chi connectivity index (χ3n) is 0.562. The summed E-state index contributed by atoms with van der Waals surface area (Å²) in [5.74, 6) is 0. The van der Waals surface area contributed by atoms with Crippen LogP contribution in [-0.4, -0.2) is 18.3 Å². The minimum absolute atomic E-state index is 1.64. The van der Waals surface area contributed by atoms with Crippen molar-refractivity contribution in [1.82, 2.24) is 5.01 Å². The lowest BCUT2D eigenvalue weighted by molar-refractivity contribution is 0.494. The monoisotopic (exact) mass is 128 g/mol. The summed E-state index contributed by atoms with van der Waals surface area (Å²) in [6.07, 6.45) is 3.35. The van der Waals surface area contributed by atoms with Crippen LogP contribution < -0.4 is 0 Å². The average molecular weight is 128 g/mol. The molecule has 0 aromatic rings. The average Bonchev–Trinajstić information content (AvgIpc) is 1.93. The van der Waals surface area contributed by atoms with Crippen molar-refractivity contribution in [2.75, 3.05) is 7.05 Å². The Hall–Kier alpha value is -0.790. The largest absolute Gasteiger partial charge is 0.277 e. The molecule has 0 rings (SSSR count). The normalized spacial score (nSPS) is 8.00. The van der Waals surface area contributed by atoms with Gasteiger partial charge in [0.15, 0.2) is 0 Å². The van der Waals surface area contributed by atoms with Crippen molar-refractivity contribution in [3.05, 3.63) is 12.8 Å². The summed E-state index contributed by atoms with van der Waals surface area (Å²) < 4.78 is 0. The first kappa shape index (κ1) is 11.1. The maximum absolute atomic E-state index is 3.83. The molecule has 0 amide bonds. The second-order valence-corrected chi connectivity index (χ2v) is 1.13. The van der Waals surface area contributed by atoms with Crippen LogP contribution in [0.4, 0.5) is 0 Å². The van der Waals surface area contributed by atoms with Crippen LogP contribution in [0, 0.1) is 0 Å². The van der Waals surface area contributed by atoms with E-state index in [-0.39, 0.29) is 0 Å². The Bertz CT molecular complexity index is 77.0. The molecule has 0 saturated carbocycles. The van der Waals surface area contributed by atoms with Crippen LogP contribution >= 0.6 is 0 Å². The molecule has 0 bridgehead atoms. The minimum Gasteiger partial charge on any atom is -0.277 e. The van der Waals surface area contributed by atoms with Gasteiger partial charge in [-0.15, -0.1) is 0 Å². The van der Waals surface area contributed by atoms with E-state index in [9.17, 15) is 0 Å². The van der Waals surface area contributed by atoms with Gasteiger partial charge < -0.3 is 0 Å². The molecule has 0 N–H and O–H groups in total. The van der Waals surface area contributed by atoms with Gasteiger partial charge in [0.1, 0.15) is 0 Å². The number of hydrazone groups is 1. The first-order chi connectivity index (χ1) is 4.31. The first-order valence-corrected chi connectivity index (χ1v) is 3.15. The fourth-order valence-electron chi connectivity index (χ4n) is 0.229. The molecule has 54 valence electrons. The van der Waals surface area contributed by atoms with Crippen molar-refractivity contribution in [1.29, 1.82) is 0 Å². The van der Waals surface area contributed by atoms with Crippen molar-refractivity contribution < 1.29 is 0 Å². The van der Waals surface area contributed by atoms with E-state index in [0.717, 1.165) is 0 Å². The standard InChI is InChI=1S/C5H10N2.C2H6/c1-4-6-7(3)5-2;1-2/h4-5H,2H2,1,3H3;1-2H3/b6-4-;. The van der Waals surface area contributed by atoms with E-state index >= 15 is 0 Å². The summed E-state index contributed by atoms with van der Waals surface area (Å²) in [6.45, 7) is 9.35. The van der Waals surface area contributed by atoms with Crippen LogP contribution in [0.25, 0.3) is 0 Å². The Labute approximate surface area is 57.9 Å². The highest BCUT2D eigenvalue weighted by Gasteiger charge is 1.72. The molecule has 2 nitrogen and oxygen atoms in total. The third kappa shape index (κ3) is 11.0. The summed E-state index contributed by atoms with van der Waals surface area (Å²) in [6, 6.07) is 0. The second-order valence-electron chi connectivity index (χ2n) is 1.13. The predicted octanol–water partition coefficient (Wildman–Crippen LogP) is 2.09. The molecule has 0 atom stereocenters. The van der Waals surface area contributed by atoms with Gasteiger partial charge in [-0.25, -0.2) is 0 Å². The fraction of sp³-hybridized carbons (Fsp3) is 0.571. The van der Waals surface area contributed by atoms with Crippen molar-refractivity contribution in [2.24, 2.45) is 5.10 Å². The van der Waals surface area contributed by atoms with Crippen LogP contribution in [0.5, 0.6) is 0 Å². The zero-order valence-corrected chi connectivity index (χ0v) is 6.76. The Balaban J connectivity index is 0. The molecule has 0 aromatic heterocycles. The second kappa shape index (κ2) is 10.2. The van der Waals surface area contributed by atoms with Gasteiger partial charge in [-0.1, -0.05) is 20.4 Å². The summed E-state index contributed by atoms with van der Waals surface area (Å²) >= 11 is 0. The lowest BCUT2D eigenvalue weighted by Crippen LogP contribution is -1.98. The van der Waals surface area contributed by atoms with E-state index in [2.05, 4.69) is 11.7 Å². The van der Waals surface area contributed by atoms with Crippen LogP contribution in [0.2, 0.25) is 0 Å².